The summed E-state index contributed by atoms with van der Waals surface area (Å²) in [7, 11) is 0. The lowest BCUT2D eigenvalue weighted by atomic mass is 10.0. The second-order valence-corrected chi connectivity index (χ2v) is 15.3. The van der Waals surface area contributed by atoms with E-state index < -0.39 is 0 Å². The molecule has 0 radical (unpaired) electrons. The van der Waals surface area contributed by atoms with E-state index in [1.54, 1.807) is 0 Å². The molecule has 2 atom stereocenters. The van der Waals surface area contributed by atoms with Gasteiger partial charge in [-0.1, -0.05) is 142 Å². The molecule has 2 nitrogen and oxygen atoms in total. The Morgan fingerprint density at radius 2 is 0.682 bits per heavy atom. The Morgan fingerprint density at radius 3 is 1.00 bits per heavy atom. The summed E-state index contributed by atoms with van der Waals surface area (Å²) in [6.07, 6.45) is 40.1. The van der Waals surface area contributed by atoms with Crippen molar-refractivity contribution in [2.75, 3.05) is 23.0 Å². The maximum atomic E-state index is 2.47. The van der Waals surface area contributed by atoms with Crippen molar-refractivity contribution in [3.05, 3.63) is 61.2 Å². The standard InChI is InChI=1S/C40H70N2S2/c1-3-5-7-9-11-13-15-17-19-23-29-39(41-31-25-21-26-32-41)37-43-35-36-44-38-40(42-33-27-22-28-34-42)30-24-20-18-16-14-12-10-8-6-4-2/h21-22,25-28,31-34,39-40H,3-20,23-24,29-30,35-38H2,1-2H3/q+2. The fourth-order valence-corrected chi connectivity index (χ4v) is 8.74. The summed E-state index contributed by atoms with van der Waals surface area (Å²) in [6, 6.07) is 14.3. The Labute approximate surface area is 283 Å². The third kappa shape index (κ3) is 20.9. The van der Waals surface area contributed by atoms with Crippen LogP contribution in [-0.2, 0) is 0 Å². The Hall–Kier alpha value is -1.00. The van der Waals surface area contributed by atoms with E-state index in [2.05, 4.69) is 108 Å². The first-order chi connectivity index (χ1) is 21.8. The molecule has 0 saturated heterocycles. The first-order valence-electron chi connectivity index (χ1n) is 18.9. The van der Waals surface area contributed by atoms with Crippen molar-refractivity contribution in [1.82, 2.24) is 0 Å². The smallest absolute Gasteiger partial charge is 0.169 e. The molecule has 4 heteroatoms. The number of unbranched alkanes of at least 4 members (excludes halogenated alkanes) is 18. The van der Waals surface area contributed by atoms with E-state index in [0.29, 0.717) is 12.1 Å². The highest BCUT2D eigenvalue weighted by Gasteiger charge is 2.19. The van der Waals surface area contributed by atoms with Crippen molar-refractivity contribution >= 4 is 23.5 Å². The minimum atomic E-state index is 0.629. The van der Waals surface area contributed by atoms with Crippen LogP contribution in [-0.4, -0.2) is 23.0 Å². The summed E-state index contributed by atoms with van der Waals surface area (Å²) in [5, 5.41) is 0. The van der Waals surface area contributed by atoms with Crippen LogP contribution in [0.5, 0.6) is 0 Å². The van der Waals surface area contributed by atoms with Gasteiger partial charge in [0.25, 0.3) is 0 Å². The Kier molecular flexibility index (Phi) is 26.2. The molecule has 0 aromatic carbocycles. The molecule has 0 saturated carbocycles. The van der Waals surface area contributed by atoms with E-state index in [9.17, 15) is 0 Å². The molecule has 2 heterocycles. The van der Waals surface area contributed by atoms with Gasteiger partial charge in [-0.2, -0.15) is 23.5 Å². The van der Waals surface area contributed by atoms with Crippen molar-refractivity contribution in [3.8, 4) is 0 Å². The van der Waals surface area contributed by atoms with E-state index in [0.717, 1.165) is 0 Å². The van der Waals surface area contributed by atoms with Gasteiger partial charge in [-0.05, 0) is 12.8 Å². The molecule has 0 aliphatic heterocycles. The highest BCUT2D eigenvalue weighted by molar-refractivity contribution is 8.02. The van der Waals surface area contributed by atoms with E-state index in [1.807, 2.05) is 0 Å². The summed E-state index contributed by atoms with van der Waals surface area (Å²) in [5.74, 6) is 5.00. The summed E-state index contributed by atoms with van der Waals surface area (Å²) in [5.41, 5.74) is 0. The molecule has 0 amide bonds. The zero-order chi connectivity index (χ0) is 31.2. The molecular formula is C40H70N2S2+2. The van der Waals surface area contributed by atoms with Crippen LogP contribution in [0.15, 0.2) is 61.2 Å². The number of nitrogens with zero attached hydrogens (tertiary/aromatic N) is 2. The zero-order valence-corrected chi connectivity index (χ0v) is 30.7. The first kappa shape index (κ1) is 39.2. The largest absolute Gasteiger partial charge is 0.202 e. The second kappa shape index (κ2) is 29.4. The van der Waals surface area contributed by atoms with Crippen molar-refractivity contribution in [3.63, 3.8) is 0 Å². The molecule has 0 N–H and O–H groups in total. The van der Waals surface area contributed by atoms with E-state index in [4.69, 9.17) is 0 Å². The summed E-state index contributed by atoms with van der Waals surface area (Å²) in [6.45, 7) is 4.61. The molecule has 250 valence electrons. The first-order valence-corrected chi connectivity index (χ1v) is 21.2. The van der Waals surface area contributed by atoms with Crippen molar-refractivity contribution < 1.29 is 9.13 Å². The maximum Gasteiger partial charge on any atom is 0.169 e. The Bertz CT molecular complexity index is 775. The SMILES string of the molecule is CCCCCCCCCCCCC(CSCCSCC(CCCCCCCCCCCC)[n+]1ccccc1)[n+]1ccccc1. The van der Waals surface area contributed by atoms with Gasteiger partial charge in [0.1, 0.15) is 0 Å². The summed E-state index contributed by atoms with van der Waals surface area (Å²) >= 11 is 4.34. The lowest BCUT2D eigenvalue weighted by molar-refractivity contribution is -0.719. The third-order valence-electron chi connectivity index (χ3n) is 9.09. The van der Waals surface area contributed by atoms with E-state index in [-0.39, 0.29) is 0 Å². The van der Waals surface area contributed by atoms with Crippen LogP contribution < -0.4 is 9.13 Å². The maximum absolute atomic E-state index is 2.47. The van der Waals surface area contributed by atoms with Crippen LogP contribution in [0.4, 0.5) is 0 Å². The van der Waals surface area contributed by atoms with Gasteiger partial charge in [0.05, 0.1) is 11.5 Å². The number of hydrogen-bond acceptors (Lipinski definition) is 2. The van der Waals surface area contributed by atoms with Crippen LogP contribution in [0, 0.1) is 0 Å². The number of thioether (sulfide) groups is 2. The molecule has 2 aromatic heterocycles. The molecule has 2 aromatic rings. The Morgan fingerprint density at radius 1 is 0.386 bits per heavy atom. The number of rotatable bonds is 31. The quantitative estimate of drug-likeness (QED) is 0.0597. The molecule has 2 rings (SSSR count). The summed E-state index contributed by atoms with van der Waals surface area (Å²) in [4.78, 5) is 0. The molecule has 0 aliphatic rings. The van der Waals surface area contributed by atoms with Crippen LogP contribution >= 0.6 is 23.5 Å². The lowest BCUT2D eigenvalue weighted by Crippen LogP contribution is -2.40. The molecule has 0 bridgehead atoms. The van der Waals surface area contributed by atoms with Gasteiger partial charge in [-0.15, -0.1) is 0 Å². The topological polar surface area (TPSA) is 7.76 Å². The predicted molar refractivity (Wildman–Crippen MR) is 199 cm³/mol. The van der Waals surface area contributed by atoms with Crippen LogP contribution in [0.25, 0.3) is 0 Å². The average Bonchev–Trinajstić information content (AvgIpc) is 3.06. The van der Waals surface area contributed by atoms with E-state index >= 15 is 0 Å². The molecule has 2 unspecified atom stereocenters. The normalized spacial score (nSPS) is 12.9. The fourth-order valence-electron chi connectivity index (χ4n) is 6.24. The number of aromatic nitrogens is 2. The van der Waals surface area contributed by atoms with Gasteiger partial charge < -0.3 is 0 Å². The predicted octanol–water partition coefficient (Wildman–Crippen LogP) is 12.1. The van der Waals surface area contributed by atoms with Crippen LogP contribution in [0.1, 0.15) is 167 Å². The highest BCUT2D eigenvalue weighted by Crippen LogP contribution is 2.21. The zero-order valence-electron chi connectivity index (χ0n) is 29.0. The fraction of sp³-hybridized carbons (Fsp3) is 0.750. The molecular weight excluding hydrogens is 573 g/mol. The summed E-state index contributed by atoms with van der Waals surface area (Å²) < 4.78 is 4.95. The van der Waals surface area contributed by atoms with Crippen LogP contribution in [0.3, 0.4) is 0 Å². The van der Waals surface area contributed by atoms with Crippen molar-refractivity contribution in [1.29, 1.82) is 0 Å². The number of pyridine rings is 2. The minimum Gasteiger partial charge on any atom is -0.202 e. The van der Waals surface area contributed by atoms with Gasteiger partial charge in [0.15, 0.2) is 36.9 Å². The molecule has 0 spiro atoms. The highest BCUT2D eigenvalue weighted by atomic mass is 32.2. The Balaban J connectivity index is 1.62. The van der Waals surface area contributed by atoms with Gasteiger partial charge in [-0.3, -0.25) is 0 Å². The van der Waals surface area contributed by atoms with Gasteiger partial charge in [-0.25, -0.2) is 9.13 Å². The van der Waals surface area contributed by atoms with Gasteiger partial charge in [0, 0.05) is 48.6 Å². The minimum absolute atomic E-state index is 0.629. The molecule has 44 heavy (non-hydrogen) atoms. The van der Waals surface area contributed by atoms with Crippen LogP contribution in [0.2, 0.25) is 0 Å². The van der Waals surface area contributed by atoms with E-state index in [1.165, 1.54) is 164 Å². The lowest BCUT2D eigenvalue weighted by Gasteiger charge is -2.14. The third-order valence-corrected chi connectivity index (χ3v) is 11.6. The average molecular weight is 643 g/mol. The second-order valence-electron chi connectivity index (χ2n) is 13.0. The van der Waals surface area contributed by atoms with Crippen molar-refractivity contribution in [2.45, 2.75) is 167 Å². The monoisotopic (exact) mass is 642 g/mol. The number of hydrogen-bond donors (Lipinski definition) is 0. The van der Waals surface area contributed by atoms with Crippen molar-refractivity contribution in [2.24, 2.45) is 0 Å². The van der Waals surface area contributed by atoms with Gasteiger partial charge >= 0.3 is 0 Å². The van der Waals surface area contributed by atoms with Gasteiger partial charge in [0.2, 0.25) is 0 Å². The molecule has 0 fully saturated rings. The molecule has 0 aliphatic carbocycles.